The number of rotatable bonds is 4. The number of aromatic amines is 1. The topological polar surface area (TPSA) is 91.2 Å². The van der Waals surface area contributed by atoms with Gasteiger partial charge in [0.2, 0.25) is 5.91 Å². The fourth-order valence-electron chi connectivity index (χ4n) is 2.61. The van der Waals surface area contributed by atoms with Gasteiger partial charge in [0.25, 0.3) is 5.56 Å². The number of aromatic nitrogens is 2. The SMILES string of the molecule is O=C(NCc1ccco1)[C@H]1CCCN1c1cn[nH]c(=O)c1Cl. The maximum absolute atomic E-state index is 12.4. The van der Waals surface area contributed by atoms with Crippen LogP contribution >= 0.6 is 11.6 Å². The van der Waals surface area contributed by atoms with E-state index in [1.807, 2.05) is 4.90 Å². The molecule has 1 aliphatic heterocycles. The van der Waals surface area contributed by atoms with E-state index in [9.17, 15) is 9.59 Å². The number of hydrogen-bond donors (Lipinski definition) is 2. The summed E-state index contributed by atoms with van der Waals surface area (Å²) in [7, 11) is 0. The van der Waals surface area contributed by atoms with Gasteiger partial charge in [0, 0.05) is 6.54 Å². The molecular weight excluding hydrogens is 308 g/mol. The Balaban J connectivity index is 1.73. The van der Waals surface area contributed by atoms with Crippen LogP contribution in [-0.2, 0) is 11.3 Å². The summed E-state index contributed by atoms with van der Waals surface area (Å²) < 4.78 is 5.19. The molecule has 3 rings (SSSR count). The number of furan rings is 1. The molecule has 1 fully saturated rings. The Hall–Kier alpha value is -2.28. The van der Waals surface area contributed by atoms with E-state index in [1.165, 1.54) is 6.20 Å². The van der Waals surface area contributed by atoms with Crippen LogP contribution in [0.1, 0.15) is 18.6 Å². The molecule has 2 aromatic rings. The molecule has 116 valence electrons. The second kappa shape index (κ2) is 6.23. The molecule has 0 unspecified atom stereocenters. The van der Waals surface area contributed by atoms with Crippen LogP contribution in [0, 0.1) is 0 Å². The lowest BCUT2D eigenvalue weighted by Gasteiger charge is -2.25. The summed E-state index contributed by atoms with van der Waals surface area (Å²) in [5.74, 6) is 0.569. The number of H-pyrrole nitrogens is 1. The van der Waals surface area contributed by atoms with E-state index in [0.717, 1.165) is 6.42 Å². The molecule has 8 heteroatoms. The van der Waals surface area contributed by atoms with E-state index < -0.39 is 5.56 Å². The second-order valence-corrected chi connectivity index (χ2v) is 5.42. The van der Waals surface area contributed by atoms with E-state index in [4.69, 9.17) is 16.0 Å². The molecule has 2 N–H and O–H groups in total. The van der Waals surface area contributed by atoms with Crippen molar-refractivity contribution in [3.63, 3.8) is 0 Å². The average molecular weight is 323 g/mol. The van der Waals surface area contributed by atoms with E-state index in [2.05, 4.69) is 15.5 Å². The Morgan fingerprint density at radius 3 is 3.23 bits per heavy atom. The second-order valence-electron chi connectivity index (χ2n) is 5.05. The fourth-order valence-corrected chi connectivity index (χ4v) is 2.81. The number of carbonyl (C=O) groups is 1. The van der Waals surface area contributed by atoms with Crippen LogP contribution in [0.5, 0.6) is 0 Å². The van der Waals surface area contributed by atoms with Crippen LogP contribution in [0.25, 0.3) is 0 Å². The van der Waals surface area contributed by atoms with Crippen molar-refractivity contribution in [2.45, 2.75) is 25.4 Å². The van der Waals surface area contributed by atoms with Crippen molar-refractivity contribution in [1.29, 1.82) is 0 Å². The smallest absolute Gasteiger partial charge is 0.285 e. The van der Waals surface area contributed by atoms with Crippen LogP contribution < -0.4 is 15.8 Å². The first kappa shape index (κ1) is 14.6. The van der Waals surface area contributed by atoms with Crippen LogP contribution in [-0.4, -0.2) is 28.7 Å². The summed E-state index contributed by atoms with van der Waals surface area (Å²) in [5.41, 5.74) is 0.0295. The van der Waals surface area contributed by atoms with Gasteiger partial charge < -0.3 is 14.6 Å². The van der Waals surface area contributed by atoms with Gasteiger partial charge in [0.15, 0.2) is 0 Å². The first-order chi connectivity index (χ1) is 10.7. The Labute approximate surface area is 131 Å². The highest BCUT2D eigenvalue weighted by Crippen LogP contribution is 2.28. The number of nitrogens with zero attached hydrogens (tertiary/aromatic N) is 2. The van der Waals surface area contributed by atoms with E-state index in [-0.39, 0.29) is 17.0 Å². The molecule has 7 nitrogen and oxygen atoms in total. The van der Waals surface area contributed by atoms with Gasteiger partial charge in [-0.25, -0.2) is 5.10 Å². The van der Waals surface area contributed by atoms with Crippen LogP contribution in [0.15, 0.2) is 33.8 Å². The lowest BCUT2D eigenvalue weighted by molar-refractivity contribution is -0.122. The summed E-state index contributed by atoms with van der Waals surface area (Å²) >= 11 is 6.03. The van der Waals surface area contributed by atoms with E-state index in [0.29, 0.717) is 31.0 Å². The molecule has 3 heterocycles. The van der Waals surface area contributed by atoms with E-state index in [1.54, 1.807) is 18.4 Å². The van der Waals surface area contributed by atoms with Crippen molar-refractivity contribution in [3.8, 4) is 0 Å². The van der Waals surface area contributed by atoms with Crippen LogP contribution in [0.2, 0.25) is 5.02 Å². The molecule has 0 radical (unpaired) electrons. The zero-order valence-corrected chi connectivity index (χ0v) is 12.5. The highest BCUT2D eigenvalue weighted by molar-refractivity contribution is 6.33. The van der Waals surface area contributed by atoms with Crippen molar-refractivity contribution in [2.75, 3.05) is 11.4 Å². The quantitative estimate of drug-likeness (QED) is 0.885. The molecular formula is C14H15ClN4O3. The first-order valence-electron chi connectivity index (χ1n) is 6.96. The van der Waals surface area contributed by atoms with Gasteiger partial charge >= 0.3 is 0 Å². The van der Waals surface area contributed by atoms with Gasteiger partial charge in [-0.1, -0.05) is 11.6 Å². The van der Waals surface area contributed by atoms with Crippen LogP contribution in [0.3, 0.4) is 0 Å². The largest absolute Gasteiger partial charge is 0.467 e. The summed E-state index contributed by atoms with van der Waals surface area (Å²) in [5, 5.41) is 8.93. The van der Waals surface area contributed by atoms with Crippen molar-refractivity contribution in [2.24, 2.45) is 0 Å². The molecule has 2 aromatic heterocycles. The maximum Gasteiger partial charge on any atom is 0.285 e. The third kappa shape index (κ3) is 2.85. The Morgan fingerprint density at radius 2 is 2.45 bits per heavy atom. The fraction of sp³-hybridized carbons (Fsp3) is 0.357. The van der Waals surface area contributed by atoms with Gasteiger partial charge in [0.1, 0.15) is 16.8 Å². The monoisotopic (exact) mass is 322 g/mol. The molecule has 1 saturated heterocycles. The molecule has 22 heavy (non-hydrogen) atoms. The molecule has 0 spiro atoms. The van der Waals surface area contributed by atoms with Gasteiger partial charge in [-0.2, -0.15) is 5.10 Å². The molecule has 1 amide bonds. The van der Waals surface area contributed by atoms with Crippen LogP contribution in [0.4, 0.5) is 5.69 Å². The lowest BCUT2D eigenvalue weighted by atomic mass is 10.2. The van der Waals surface area contributed by atoms with E-state index >= 15 is 0 Å². The van der Waals surface area contributed by atoms with Gasteiger partial charge in [0.05, 0.1) is 24.7 Å². The molecule has 0 aromatic carbocycles. The predicted molar refractivity (Wildman–Crippen MR) is 80.8 cm³/mol. The number of carbonyl (C=O) groups excluding carboxylic acids is 1. The van der Waals surface area contributed by atoms with Gasteiger partial charge in [-0.05, 0) is 25.0 Å². The Kier molecular flexibility index (Phi) is 4.15. The van der Waals surface area contributed by atoms with Crippen molar-refractivity contribution in [3.05, 3.63) is 45.7 Å². The molecule has 0 aliphatic carbocycles. The summed E-state index contributed by atoms with van der Waals surface area (Å²) in [6.07, 6.45) is 4.59. The number of anilines is 1. The average Bonchev–Trinajstić information content (AvgIpc) is 3.18. The zero-order valence-electron chi connectivity index (χ0n) is 11.7. The first-order valence-corrected chi connectivity index (χ1v) is 7.34. The molecule has 1 atom stereocenters. The predicted octanol–water partition coefficient (Wildman–Crippen LogP) is 1.30. The molecule has 0 saturated carbocycles. The Morgan fingerprint density at radius 1 is 1.59 bits per heavy atom. The van der Waals surface area contributed by atoms with Gasteiger partial charge in [-0.15, -0.1) is 0 Å². The Bertz CT molecular complexity index is 713. The zero-order chi connectivity index (χ0) is 15.5. The number of nitrogens with one attached hydrogen (secondary N) is 2. The number of amides is 1. The summed E-state index contributed by atoms with van der Waals surface area (Å²) in [6, 6.07) is 3.20. The maximum atomic E-state index is 12.4. The molecule has 1 aliphatic rings. The van der Waals surface area contributed by atoms with Gasteiger partial charge in [-0.3, -0.25) is 9.59 Å². The highest BCUT2D eigenvalue weighted by Gasteiger charge is 2.32. The number of halogens is 1. The third-order valence-electron chi connectivity index (χ3n) is 3.66. The number of hydrogen-bond acceptors (Lipinski definition) is 5. The standard InChI is InChI=1S/C14H15ClN4O3/c15-12-11(8-17-18-14(12)21)19-5-1-4-10(19)13(20)16-7-9-3-2-6-22-9/h2-3,6,8,10H,1,4-5,7H2,(H,16,20)(H,18,21)/t10-/m1/s1. The normalized spacial score (nSPS) is 17.7. The minimum atomic E-state index is -0.458. The van der Waals surface area contributed by atoms with Crippen molar-refractivity contribution in [1.82, 2.24) is 15.5 Å². The highest BCUT2D eigenvalue weighted by atomic mass is 35.5. The van der Waals surface area contributed by atoms with Crippen molar-refractivity contribution < 1.29 is 9.21 Å². The lowest BCUT2D eigenvalue weighted by Crippen LogP contribution is -2.43. The summed E-state index contributed by atoms with van der Waals surface area (Å²) in [4.78, 5) is 25.8. The van der Waals surface area contributed by atoms with Crippen molar-refractivity contribution >= 4 is 23.2 Å². The minimum Gasteiger partial charge on any atom is -0.467 e. The summed E-state index contributed by atoms with van der Waals surface area (Å²) in [6.45, 7) is 0.987. The third-order valence-corrected chi connectivity index (χ3v) is 4.02. The molecule has 0 bridgehead atoms. The minimum absolute atomic E-state index is 0.0562.